The molecule has 1 aliphatic rings. The van der Waals surface area contributed by atoms with Gasteiger partial charge >= 0.3 is 0 Å². The predicted octanol–water partition coefficient (Wildman–Crippen LogP) is 4.99. The minimum atomic E-state index is -0.276. The number of methoxy groups -OCH3 is 3. The Labute approximate surface area is 208 Å². The summed E-state index contributed by atoms with van der Waals surface area (Å²) in [4.78, 5) is 19.9. The van der Waals surface area contributed by atoms with E-state index in [1.807, 2.05) is 42.5 Å². The summed E-state index contributed by atoms with van der Waals surface area (Å²) in [6.07, 6.45) is 0. The Bertz CT molecular complexity index is 1380. The number of benzene rings is 3. The zero-order valence-corrected chi connectivity index (χ0v) is 20.4. The molecule has 5 rings (SSSR count). The molecular weight excluding hydrogens is 468 g/mol. The molecule has 9 heteroatoms. The van der Waals surface area contributed by atoms with Crippen LogP contribution in [0.3, 0.4) is 0 Å². The summed E-state index contributed by atoms with van der Waals surface area (Å²) in [5.41, 5.74) is 4.17. The molecule has 8 nitrogen and oxygen atoms in total. The van der Waals surface area contributed by atoms with E-state index in [-0.39, 0.29) is 5.91 Å². The van der Waals surface area contributed by atoms with E-state index in [9.17, 15) is 4.79 Å². The number of nitrogens with one attached hydrogen (secondary N) is 1. The Kier molecular flexibility index (Phi) is 6.13. The van der Waals surface area contributed by atoms with Gasteiger partial charge in [-0.25, -0.2) is 4.98 Å². The second-order valence-corrected chi connectivity index (χ2v) is 8.59. The van der Waals surface area contributed by atoms with Crippen molar-refractivity contribution in [2.75, 3.05) is 38.1 Å². The molecule has 0 bridgehead atoms. The van der Waals surface area contributed by atoms with Gasteiger partial charge in [-0.1, -0.05) is 11.6 Å². The van der Waals surface area contributed by atoms with E-state index < -0.39 is 0 Å². The van der Waals surface area contributed by atoms with Gasteiger partial charge in [0.15, 0.2) is 11.5 Å². The Morgan fingerprint density at radius 1 is 0.943 bits per heavy atom. The van der Waals surface area contributed by atoms with Gasteiger partial charge < -0.3 is 29.0 Å². The maximum Gasteiger partial charge on any atom is 0.255 e. The highest BCUT2D eigenvalue weighted by Crippen LogP contribution is 2.38. The summed E-state index contributed by atoms with van der Waals surface area (Å²) in [5.74, 6) is 2.01. The summed E-state index contributed by atoms with van der Waals surface area (Å²) in [5, 5.41) is 3.62. The fourth-order valence-corrected chi connectivity index (χ4v) is 4.55. The van der Waals surface area contributed by atoms with Crippen LogP contribution in [0.4, 0.5) is 11.4 Å². The van der Waals surface area contributed by atoms with Gasteiger partial charge in [0.05, 0.1) is 38.9 Å². The van der Waals surface area contributed by atoms with Crippen molar-refractivity contribution < 1.29 is 19.0 Å². The summed E-state index contributed by atoms with van der Waals surface area (Å²) in [6.45, 7) is 2.40. The largest absolute Gasteiger partial charge is 0.493 e. The van der Waals surface area contributed by atoms with Crippen LogP contribution < -0.4 is 24.4 Å². The van der Waals surface area contributed by atoms with Crippen molar-refractivity contribution in [1.29, 1.82) is 0 Å². The number of halogens is 1. The molecule has 2 heterocycles. The number of carbonyl (C=O) groups is 1. The topological polar surface area (TPSA) is 77.9 Å². The summed E-state index contributed by atoms with van der Waals surface area (Å²) >= 11 is 6.13. The van der Waals surface area contributed by atoms with Crippen LogP contribution in [-0.4, -0.2) is 43.3 Å². The first-order valence-corrected chi connectivity index (χ1v) is 11.5. The first kappa shape index (κ1) is 22.9. The number of imidazole rings is 1. The fraction of sp³-hybridized carbons (Fsp3) is 0.231. The number of aromatic nitrogens is 2. The average Bonchev–Trinajstić information content (AvgIpc) is 3.24. The van der Waals surface area contributed by atoms with E-state index >= 15 is 0 Å². The number of amides is 1. The molecule has 3 aromatic carbocycles. The lowest BCUT2D eigenvalue weighted by Gasteiger charge is -2.30. The number of fused-ring (bicyclic) bond motifs is 3. The van der Waals surface area contributed by atoms with E-state index in [4.69, 9.17) is 30.8 Å². The van der Waals surface area contributed by atoms with Gasteiger partial charge in [0.25, 0.3) is 5.91 Å². The molecule has 1 aliphatic heterocycles. The smallest absolute Gasteiger partial charge is 0.255 e. The molecular formula is C26H25ClN4O4. The van der Waals surface area contributed by atoms with Crippen molar-refractivity contribution in [3.8, 4) is 17.2 Å². The third-order valence-electron chi connectivity index (χ3n) is 6.13. The number of nitrogens with zero attached hydrogens (tertiary/aromatic N) is 3. The van der Waals surface area contributed by atoms with E-state index in [1.165, 1.54) is 21.3 Å². The molecule has 180 valence electrons. The Morgan fingerprint density at radius 2 is 1.66 bits per heavy atom. The van der Waals surface area contributed by atoms with Crippen LogP contribution in [0, 0.1) is 0 Å². The number of anilines is 2. The van der Waals surface area contributed by atoms with Crippen LogP contribution >= 0.6 is 11.6 Å². The lowest BCUT2D eigenvalue weighted by molar-refractivity contribution is 0.102. The Balaban J connectivity index is 1.31. The highest BCUT2D eigenvalue weighted by atomic mass is 35.5. The molecule has 0 saturated heterocycles. The number of hydrogen-bond acceptors (Lipinski definition) is 6. The maximum absolute atomic E-state index is 12.9. The number of carbonyl (C=O) groups excluding carboxylic acids is 1. The molecule has 1 amide bonds. The van der Waals surface area contributed by atoms with Crippen molar-refractivity contribution >= 4 is 39.9 Å². The van der Waals surface area contributed by atoms with E-state index in [1.54, 1.807) is 12.1 Å². The van der Waals surface area contributed by atoms with Gasteiger partial charge in [-0.3, -0.25) is 4.79 Å². The number of hydrogen-bond donors (Lipinski definition) is 1. The van der Waals surface area contributed by atoms with Crippen LogP contribution in [0.2, 0.25) is 5.02 Å². The van der Waals surface area contributed by atoms with Crippen LogP contribution in [0.5, 0.6) is 17.2 Å². The van der Waals surface area contributed by atoms with Crippen LogP contribution in [0.15, 0.2) is 54.6 Å². The molecule has 1 N–H and O–H groups in total. The quantitative estimate of drug-likeness (QED) is 0.408. The molecule has 0 radical (unpaired) electrons. The van der Waals surface area contributed by atoms with Gasteiger partial charge in [0.2, 0.25) is 5.75 Å². The van der Waals surface area contributed by atoms with E-state index in [0.717, 1.165) is 35.6 Å². The fourth-order valence-electron chi connectivity index (χ4n) is 4.38. The molecule has 0 atom stereocenters. The normalized spacial score (nSPS) is 12.9. The highest BCUT2D eigenvalue weighted by Gasteiger charge is 2.21. The molecule has 0 unspecified atom stereocenters. The summed E-state index contributed by atoms with van der Waals surface area (Å²) < 4.78 is 18.3. The molecule has 0 fully saturated rings. The van der Waals surface area contributed by atoms with Crippen LogP contribution in [-0.2, 0) is 13.1 Å². The number of ether oxygens (including phenoxy) is 3. The third-order valence-corrected chi connectivity index (χ3v) is 6.37. The monoisotopic (exact) mass is 492 g/mol. The third kappa shape index (κ3) is 4.33. The standard InChI is InChI=1S/C26H25ClN4O4/c1-33-22-12-16(13-23(34-2)25(22)35-3)26(32)28-18-5-7-19(8-6-18)30-10-11-31-21-9-4-17(27)14-20(21)29-24(31)15-30/h4-9,12-14H,10-11,15H2,1-3H3,(H,28,32). The zero-order chi connectivity index (χ0) is 24.5. The molecule has 1 aromatic heterocycles. The first-order chi connectivity index (χ1) is 17.0. The summed E-state index contributed by atoms with van der Waals surface area (Å²) in [6, 6.07) is 16.9. The average molecular weight is 493 g/mol. The van der Waals surface area contributed by atoms with Crippen molar-refractivity contribution in [1.82, 2.24) is 9.55 Å². The van der Waals surface area contributed by atoms with Gasteiger partial charge in [0, 0.05) is 35.1 Å². The van der Waals surface area contributed by atoms with Gasteiger partial charge in [-0.05, 0) is 54.6 Å². The SMILES string of the molecule is COc1cc(C(=O)Nc2ccc(N3CCn4c(nc5cc(Cl)ccc54)C3)cc2)cc(OC)c1OC. The van der Waals surface area contributed by atoms with Gasteiger partial charge in [-0.2, -0.15) is 0 Å². The highest BCUT2D eigenvalue weighted by molar-refractivity contribution is 6.31. The van der Waals surface area contributed by atoms with Crippen LogP contribution in [0.1, 0.15) is 16.2 Å². The van der Waals surface area contributed by atoms with E-state index in [2.05, 4.69) is 14.8 Å². The predicted molar refractivity (Wildman–Crippen MR) is 136 cm³/mol. The lowest BCUT2D eigenvalue weighted by Crippen LogP contribution is -2.33. The summed E-state index contributed by atoms with van der Waals surface area (Å²) in [7, 11) is 4.56. The second kappa shape index (κ2) is 9.38. The first-order valence-electron chi connectivity index (χ1n) is 11.1. The zero-order valence-electron chi connectivity index (χ0n) is 19.7. The van der Waals surface area contributed by atoms with Crippen molar-refractivity contribution in [3.63, 3.8) is 0 Å². The maximum atomic E-state index is 12.9. The van der Waals surface area contributed by atoms with E-state index in [0.29, 0.717) is 40.1 Å². The van der Waals surface area contributed by atoms with Crippen molar-refractivity contribution in [2.24, 2.45) is 0 Å². The molecule has 4 aromatic rings. The van der Waals surface area contributed by atoms with Gasteiger partial charge in [0.1, 0.15) is 5.82 Å². The Hall–Kier alpha value is -3.91. The molecule has 35 heavy (non-hydrogen) atoms. The number of rotatable bonds is 6. The molecule has 0 saturated carbocycles. The van der Waals surface area contributed by atoms with Gasteiger partial charge in [-0.15, -0.1) is 0 Å². The van der Waals surface area contributed by atoms with Crippen molar-refractivity contribution in [3.05, 3.63) is 71.0 Å². The molecule has 0 spiro atoms. The minimum absolute atomic E-state index is 0.276. The van der Waals surface area contributed by atoms with Crippen molar-refractivity contribution in [2.45, 2.75) is 13.1 Å². The molecule has 0 aliphatic carbocycles. The Morgan fingerprint density at radius 3 is 2.31 bits per heavy atom. The second-order valence-electron chi connectivity index (χ2n) is 8.15. The lowest BCUT2D eigenvalue weighted by atomic mass is 10.1. The van der Waals surface area contributed by atoms with Crippen LogP contribution in [0.25, 0.3) is 11.0 Å². The minimum Gasteiger partial charge on any atom is -0.493 e.